The second-order valence-corrected chi connectivity index (χ2v) is 6.58. The minimum absolute atomic E-state index is 0.606. The maximum atomic E-state index is 10.5. The number of rotatable bonds is 16. The normalized spacial score (nSPS) is 11.8. The Morgan fingerprint density at radius 2 is 1.00 bits per heavy atom. The molecule has 0 atom stereocenters. The maximum Gasteiger partial charge on any atom is 0.154 e. The van der Waals surface area contributed by atoms with Crippen molar-refractivity contribution >= 4 is 6.29 Å². The summed E-state index contributed by atoms with van der Waals surface area (Å²) in [6, 6.07) is 0. The molecule has 0 aromatic rings. The molecule has 3 heteroatoms. The predicted octanol–water partition coefficient (Wildman–Crippen LogP) is 4.67. The summed E-state index contributed by atoms with van der Waals surface area (Å²) in [7, 11) is 0. The smallest absolute Gasteiger partial charge is 0.154 e. The Morgan fingerprint density at radius 1 is 0.667 bits per heavy atom. The third kappa shape index (κ3) is 15.8. The van der Waals surface area contributed by atoms with Gasteiger partial charge in [-0.2, -0.15) is 0 Å². The fraction of sp³-hybridized carbons (Fsp3) is 0.944. The first-order valence-corrected chi connectivity index (χ1v) is 9.16. The lowest BCUT2D eigenvalue weighted by molar-refractivity contribution is -0.112. The van der Waals surface area contributed by atoms with E-state index in [4.69, 9.17) is 11.5 Å². The second kappa shape index (κ2) is 14.5. The Kier molecular flexibility index (Phi) is 14.2. The van der Waals surface area contributed by atoms with E-state index in [2.05, 4.69) is 6.92 Å². The average molecular weight is 299 g/mol. The second-order valence-electron chi connectivity index (χ2n) is 6.58. The van der Waals surface area contributed by atoms with Crippen molar-refractivity contribution in [3.63, 3.8) is 0 Å². The van der Waals surface area contributed by atoms with E-state index in [1.165, 1.54) is 77.0 Å². The molecule has 0 aromatic heterocycles. The molecular formula is C18H38N2O. The molecule has 3 nitrogen and oxygen atoms in total. The molecule has 4 N–H and O–H groups in total. The average Bonchev–Trinajstić information content (AvgIpc) is 2.47. The van der Waals surface area contributed by atoms with Gasteiger partial charge < -0.3 is 11.5 Å². The van der Waals surface area contributed by atoms with Crippen LogP contribution in [0, 0.1) is 0 Å². The van der Waals surface area contributed by atoms with E-state index >= 15 is 0 Å². The monoisotopic (exact) mass is 298 g/mol. The first-order chi connectivity index (χ1) is 10.1. The molecule has 126 valence electrons. The van der Waals surface area contributed by atoms with E-state index in [1.54, 1.807) is 0 Å². The third-order valence-corrected chi connectivity index (χ3v) is 4.18. The Hall–Kier alpha value is -0.410. The van der Waals surface area contributed by atoms with Crippen molar-refractivity contribution in [3.8, 4) is 0 Å². The van der Waals surface area contributed by atoms with Crippen molar-refractivity contribution in [2.45, 2.75) is 109 Å². The highest BCUT2D eigenvalue weighted by molar-refractivity contribution is 5.62. The zero-order chi connectivity index (χ0) is 15.8. The van der Waals surface area contributed by atoms with E-state index < -0.39 is 5.66 Å². The number of hydrogen-bond acceptors (Lipinski definition) is 3. The zero-order valence-electron chi connectivity index (χ0n) is 14.2. The lowest BCUT2D eigenvalue weighted by atomic mass is 10.0. The van der Waals surface area contributed by atoms with Crippen LogP contribution in [-0.2, 0) is 4.79 Å². The van der Waals surface area contributed by atoms with Gasteiger partial charge in [0.2, 0.25) is 0 Å². The van der Waals surface area contributed by atoms with Crippen LogP contribution in [0.1, 0.15) is 103 Å². The predicted molar refractivity (Wildman–Crippen MR) is 92.1 cm³/mol. The van der Waals surface area contributed by atoms with Crippen molar-refractivity contribution in [2.24, 2.45) is 11.5 Å². The first kappa shape index (κ1) is 20.6. The van der Waals surface area contributed by atoms with Crippen molar-refractivity contribution in [2.75, 3.05) is 0 Å². The van der Waals surface area contributed by atoms with Gasteiger partial charge in [0.25, 0.3) is 0 Å². The van der Waals surface area contributed by atoms with E-state index in [-0.39, 0.29) is 0 Å². The topological polar surface area (TPSA) is 69.1 Å². The van der Waals surface area contributed by atoms with Crippen molar-refractivity contribution < 1.29 is 4.79 Å². The standard InChI is InChI=1S/C18H38N2O/c1-2-3-4-5-6-7-8-9-10-11-12-13-14-15-16-18(19,20)17-21/h17H,2-16,19-20H2,1H3. The van der Waals surface area contributed by atoms with Crippen LogP contribution < -0.4 is 11.5 Å². The molecule has 0 amide bonds. The van der Waals surface area contributed by atoms with Crippen LogP contribution in [-0.4, -0.2) is 11.9 Å². The Morgan fingerprint density at radius 3 is 1.33 bits per heavy atom. The van der Waals surface area contributed by atoms with Crippen LogP contribution in [0.4, 0.5) is 0 Å². The lowest BCUT2D eigenvalue weighted by Gasteiger charge is -2.16. The molecule has 0 saturated carbocycles. The van der Waals surface area contributed by atoms with Gasteiger partial charge in [-0.25, -0.2) is 0 Å². The largest absolute Gasteiger partial charge is 0.307 e. The van der Waals surface area contributed by atoms with Crippen molar-refractivity contribution in [3.05, 3.63) is 0 Å². The molecule has 21 heavy (non-hydrogen) atoms. The molecule has 0 aliphatic carbocycles. The summed E-state index contributed by atoms with van der Waals surface area (Å²) in [4.78, 5) is 10.5. The minimum atomic E-state index is -1.10. The summed E-state index contributed by atoms with van der Waals surface area (Å²) in [5, 5.41) is 0. The molecule has 0 spiro atoms. The fourth-order valence-corrected chi connectivity index (χ4v) is 2.68. The number of aldehydes is 1. The number of hydrogen-bond donors (Lipinski definition) is 2. The number of carbonyl (C=O) groups excluding carboxylic acids is 1. The molecule has 0 aromatic carbocycles. The van der Waals surface area contributed by atoms with E-state index in [0.717, 1.165) is 12.8 Å². The molecule has 0 unspecified atom stereocenters. The number of carbonyl (C=O) groups is 1. The Labute approximate surface area is 132 Å². The molecule has 0 fully saturated rings. The summed E-state index contributed by atoms with van der Waals surface area (Å²) in [6.07, 6.45) is 19.9. The molecule has 0 bridgehead atoms. The number of unbranched alkanes of at least 4 members (excludes halogenated alkanes) is 13. The summed E-state index contributed by atoms with van der Waals surface area (Å²) < 4.78 is 0. The van der Waals surface area contributed by atoms with E-state index in [9.17, 15) is 4.79 Å². The van der Waals surface area contributed by atoms with Gasteiger partial charge in [0.05, 0.1) is 0 Å². The lowest BCUT2D eigenvalue weighted by Crippen LogP contribution is -2.50. The van der Waals surface area contributed by atoms with Crippen molar-refractivity contribution in [1.82, 2.24) is 0 Å². The third-order valence-electron chi connectivity index (χ3n) is 4.18. The van der Waals surface area contributed by atoms with Crippen LogP contribution in [0.5, 0.6) is 0 Å². The van der Waals surface area contributed by atoms with Gasteiger partial charge in [0, 0.05) is 0 Å². The van der Waals surface area contributed by atoms with Crippen LogP contribution in [0.3, 0.4) is 0 Å². The molecule has 0 heterocycles. The van der Waals surface area contributed by atoms with Crippen LogP contribution in [0.2, 0.25) is 0 Å². The van der Waals surface area contributed by atoms with Gasteiger partial charge in [-0.1, -0.05) is 90.4 Å². The molecule has 0 radical (unpaired) electrons. The summed E-state index contributed by atoms with van der Waals surface area (Å²) in [5.41, 5.74) is 10.0. The quantitative estimate of drug-likeness (QED) is 0.247. The van der Waals surface area contributed by atoms with Crippen LogP contribution >= 0.6 is 0 Å². The van der Waals surface area contributed by atoms with E-state index in [1.807, 2.05) is 0 Å². The minimum Gasteiger partial charge on any atom is -0.307 e. The summed E-state index contributed by atoms with van der Waals surface area (Å²) in [5.74, 6) is 0. The summed E-state index contributed by atoms with van der Waals surface area (Å²) >= 11 is 0. The molecule has 0 rings (SSSR count). The van der Waals surface area contributed by atoms with Crippen molar-refractivity contribution in [1.29, 1.82) is 0 Å². The van der Waals surface area contributed by atoms with Crippen LogP contribution in [0.25, 0.3) is 0 Å². The molecular weight excluding hydrogens is 260 g/mol. The summed E-state index contributed by atoms with van der Waals surface area (Å²) in [6.45, 7) is 2.27. The zero-order valence-corrected chi connectivity index (χ0v) is 14.2. The Balaban J connectivity index is 3.08. The molecule has 0 aliphatic heterocycles. The Bertz CT molecular complexity index is 229. The van der Waals surface area contributed by atoms with Gasteiger partial charge in [0.1, 0.15) is 5.66 Å². The highest BCUT2D eigenvalue weighted by Gasteiger charge is 2.15. The maximum absolute atomic E-state index is 10.5. The van der Waals surface area contributed by atoms with Gasteiger partial charge in [-0.15, -0.1) is 0 Å². The molecule has 0 aliphatic rings. The fourth-order valence-electron chi connectivity index (χ4n) is 2.68. The van der Waals surface area contributed by atoms with Gasteiger partial charge >= 0.3 is 0 Å². The highest BCUT2D eigenvalue weighted by Crippen LogP contribution is 2.13. The molecule has 0 saturated heterocycles. The highest BCUT2D eigenvalue weighted by atomic mass is 16.1. The van der Waals surface area contributed by atoms with Gasteiger partial charge in [-0.3, -0.25) is 4.79 Å². The number of nitrogens with two attached hydrogens (primary N) is 2. The van der Waals surface area contributed by atoms with Gasteiger partial charge in [0.15, 0.2) is 6.29 Å². The van der Waals surface area contributed by atoms with E-state index in [0.29, 0.717) is 12.7 Å². The van der Waals surface area contributed by atoms with Crippen LogP contribution in [0.15, 0.2) is 0 Å². The SMILES string of the molecule is CCCCCCCCCCCCCCCCC(N)(N)C=O. The first-order valence-electron chi connectivity index (χ1n) is 9.16. The van der Waals surface area contributed by atoms with Gasteiger partial charge in [-0.05, 0) is 12.8 Å².